The maximum atomic E-state index is 13.5. The van der Waals surface area contributed by atoms with Crippen LogP contribution in [0.3, 0.4) is 0 Å². The van der Waals surface area contributed by atoms with E-state index in [1.54, 1.807) is 39.2 Å². The molecular formula is C32H36N6O6S. The van der Waals surface area contributed by atoms with Crippen molar-refractivity contribution in [1.29, 1.82) is 0 Å². The molecule has 3 aromatic heterocycles. The predicted octanol–water partition coefficient (Wildman–Crippen LogP) is 5.47. The zero-order valence-corrected chi connectivity index (χ0v) is 26.5. The normalized spacial score (nSPS) is 18.0. The zero-order chi connectivity index (χ0) is 31.7. The van der Waals surface area contributed by atoms with Crippen LogP contribution in [0.4, 0.5) is 15.3 Å². The van der Waals surface area contributed by atoms with Gasteiger partial charge in [0.1, 0.15) is 23.2 Å². The second-order valence-electron chi connectivity index (χ2n) is 13.0. The molecule has 1 atom stereocenters. The highest BCUT2D eigenvalue weighted by atomic mass is 32.2. The highest BCUT2D eigenvalue weighted by Gasteiger charge is 2.39. The summed E-state index contributed by atoms with van der Waals surface area (Å²) >= 11 is 0. The van der Waals surface area contributed by atoms with Crippen molar-refractivity contribution in [2.24, 2.45) is 5.92 Å². The molecule has 1 aliphatic heterocycles. The first-order valence-corrected chi connectivity index (χ1v) is 16.8. The fourth-order valence-electron chi connectivity index (χ4n) is 6.45. The van der Waals surface area contributed by atoms with Gasteiger partial charge in [0.15, 0.2) is 5.03 Å². The summed E-state index contributed by atoms with van der Waals surface area (Å²) in [5.74, 6) is 0.934. The van der Waals surface area contributed by atoms with Crippen LogP contribution in [-0.2, 0) is 38.9 Å². The van der Waals surface area contributed by atoms with Crippen LogP contribution in [-0.4, -0.2) is 51.9 Å². The van der Waals surface area contributed by atoms with Crippen LogP contribution in [0.25, 0.3) is 22.2 Å². The molecule has 2 aliphatic carbocycles. The average Bonchev–Trinajstić information content (AvgIpc) is 3.33. The number of sulfonamides is 1. The van der Waals surface area contributed by atoms with Crippen molar-refractivity contribution in [2.75, 3.05) is 11.9 Å². The molecule has 4 aromatic rings. The number of ether oxygens (including phenoxy) is 2. The van der Waals surface area contributed by atoms with Gasteiger partial charge in [0, 0.05) is 36.1 Å². The third kappa shape index (κ3) is 5.48. The molecule has 45 heavy (non-hydrogen) atoms. The highest BCUT2D eigenvalue weighted by molar-refractivity contribution is 7.90. The Balaban J connectivity index is 1.23. The first-order valence-electron chi connectivity index (χ1n) is 15.3. The van der Waals surface area contributed by atoms with Gasteiger partial charge in [-0.3, -0.25) is 0 Å². The van der Waals surface area contributed by atoms with E-state index >= 15 is 0 Å². The van der Waals surface area contributed by atoms with Gasteiger partial charge >= 0.3 is 12.1 Å². The molecule has 1 saturated carbocycles. The molecule has 0 bridgehead atoms. The monoisotopic (exact) mass is 632 g/mol. The molecule has 12 nitrogen and oxygen atoms in total. The van der Waals surface area contributed by atoms with E-state index < -0.39 is 27.7 Å². The number of anilines is 1. The van der Waals surface area contributed by atoms with E-state index in [0.29, 0.717) is 41.6 Å². The molecule has 0 saturated heterocycles. The van der Waals surface area contributed by atoms with Gasteiger partial charge in [0.25, 0.3) is 10.0 Å². The van der Waals surface area contributed by atoms with Crippen molar-refractivity contribution in [2.45, 2.75) is 83.1 Å². The van der Waals surface area contributed by atoms with Gasteiger partial charge in [-0.1, -0.05) is 6.07 Å². The van der Waals surface area contributed by atoms with Crippen LogP contribution >= 0.6 is 0 Å². The molecule has 7 rings (SSSR count). The number of urea groups is 1. The van der Waals surface area contributed by atoms with Gasteiger partial charge in [-0.05, 0) is 100 Å². The first kappa shape index (κ1) is 29.5. The van der Waals surface area contributed by atoms with Crippen LogP contribution < -0.4 is 10.0 Å². The van der Waals surface area contributed by atoms with Crippen molar-refractivity contribution < 1.29 is 27.5 Å². The van der Waals surface area contributed by atoms with Crippen molar-refractivity contribution in [1.82, 2.24) is 23.8 Å². The quantitative estimate of drug-likeness (QED) is 0.294. The number of carbonyl (C=O) groups excluding carboxylic acids is 2. The molecule has 1 fully saturated rings. The van der Waals surface area contributed by atoms with Gasteiger partial charge < -0.3 is 19.4 Å². The molecule has 13 heteroatoms. The molecule has 2 N–H and O–H groups in total. The number of aryl methyl sites for hydroxylation is 2. The molecule has 236 valence electrons. The molecule has 3 aliphatic rings. The summed E-state index contributed by atoms with van der Waals surface area (Å²) in [4.78, 5) is 35.3. The Hall–Kier alpha value is -4.23. The lowest BCUT2D eigenvalue weighted by Crippen LogP contribution is -2.35. The van der Waals surface area contributed by atoms with E-state index in [1.807, 2.05) is 17.6 Å². The van der Waals surface area contributed by atoms with Crippen LogP contribution in [0.1, 0.15) is 68.7 Å². The van der Waals surface area contributed by atoms with Crippen LogP contribution in [0.2, 0.25) is 0 Å². The Morgan fingerprint density at radius 1 is 1.16 bits per heavy atom. The van der Waals surface area contributed by atoms with Gasteiger partial charge in [0.05, 0.1) is 12.3 Å². The Morgan fingerprint density at radius 2 is 1.96 bits per heavy atom. The number of rotatable bonds is 5. The van der Waals surface area contributed by atoms with Crippen LogP contribution in [0, 0.1) is 12.8 Å². The number of hydrogen-bond acceptors (Lipinski definition) is 8. The average molecular weight is 633 g/mol. The van der Waals surface area contributed by atoms with Crippen LogP contribution in [0.5, 0.6) is 0 Å². The number of benzene rings is 1. The molecule has 4 heterocycles. The van der Waals surface area contributed by atoms with E-state index in [2.05, 4.69) is 26.1 Å². The van der Waals surface area contributed by atoms with Gasteiger partial charge in [0.2, 0.25) is 0 Å². The Kier molecular flexibility index (Phi) is 7.00. The second kappa shape index (κ2) is 10.7. The highest BCUT2D eigenvalue weighted by Crippen LogP contribution is 2.45. The van der Waals surface area contributed by atoms with Crippen molar-refractivity contribution in [3.8, 4) is 11.1 Å². The number of nitrogens with one attached hydrogen (secondary N) is 2. The molecule has 1 aromatic carbocycles. The Morgan fingerprint density at radius 3 is 2.71 bits per heavy atom. The van der Waals surface area contributed by atoms with E-state index in [9.17, 15) is 18.0 Å². The van der Waals surface area contributed by atoms with Crippen molar-refractivity contribution in [3.63, 3.8) is 0 Å². The Bertz CT molecular complexity index is 1970. The number of fused-ring (bicyclic) bond motifs is 3. The Labute approximate surface area is 261 Å². The summed E-state index contributed by atoms with van der Waals surface area (Å²) < 4.78 is 43.6. The number of carbonyl (C=O) groups is 2. The number of amides is 2. The maximum Gasteiger partial charge on any atom is 0.420 e. The SMILES string of the molecule is Cc1cc2c(c(NC(=O)NS(=O)(=O)c3cn4c(n3)C(C3CC3)OCC4)c1-c1ccnc3c1ccn3C(=O)OC(C)(C)C)CCC2. The fraction of sp³-hybridized carbons (Fsp3) is 0.438. The van der Waals surface area contributed by atoms with Crippen molar-refractivity contribution in [3.05, 3.63) is 59.3 Å². The summed E-state index contributed by atoms with van der Waals surface area (Å²) in [7, 11) is -4.27. The molecule has 0 spiro atoms. The standard InChI is InChI=1S/C32H36N6O6S/c1-18-16-20-6-5-7-21(20)26(25(18)22-10-12-33-28-23(22)11-13-38(28)31(40)44-32(2,3)4)35-30(39)36-45(41,42)24-17-37-14-15-43-27(19-8-9-19)29(37)34-24/h10-13,16-17,19,27H,5-9,14-15H2,1-4H3,(H2,35,36,39). The summed E-state index contributed by atoms with van der Waals surface area (Å²) in [5, 5.41) is 3.37. The minimum atomic E-state index is -4.27. The van der Waals surface area contributed by atoms with E-state index in [0.717, 1.165) is 59.9 Å². The molecule has 2 amide bonds. The molecule has 0 radical (unpaired) electrons. The van der Waals surface area contributed by atoms with Crippen LogP contribution in [0.15, 0.2) is 41.8 Å². The predicted molar refractivity (Wildman–Crippen MR) is 167 cm³/mol. The lowest BCUT2D eigenvalue weighted by molar-refractivity contribution is 0.00283. The summed E-state index contributed by atoms with van der Waals surface area (Å²) in [6, 6.07) is 4.86. The second-order valence-corrected chi connectivity index (χ2v) is 14.6. The topological polar surface area (TPSA) is 146 Å². The van der Waals surface area contributed by atoms with E-state index in [1.165, 1.54) is 10.8 Å². The van der Waals surface area contributed by atoms with Crippen molar-refractivity contribution >= 4 is 38.9 Å². The number of nitrogens with zero attached hydrogens (tertiary/aromatic N) is 4. The third-order valence-corrected chi connectivity index (χ3v) is 9.71. The minimum absolute atomic E-state index is 0.210. The smallest absolute Gasteiger partial charge is 0.420 e. The number of imidazole rings is 1. The van der Waals surface area contributed by atoms with Gasteiger partial charge in [-0.25, -0.2) is 28.8 Å². The molecular weight excluding hydrogens is 596 g/mol. The van der Waals surface area contributed by atoms with E-state index in [-0.39, 0.29) is 11.1 Å². The largest absolute Gasteiger partial charge is 0.443 e. The zero-order valence-electron chi connectivity index (χ0n) is 25.7. The number of hydrogen-bond donors (Lipinski definition) is 2. The third-order valence-electron chi connectivity index (χ3n) is 8.50. The molecule has 1 unspecified atom stereocenters. The minimum Gasteiger partial charge on any atom is -0.443 e. The van der Waals surface area contributed by atoms with E-state index in [4.69, 9.17) is 9.47 Å². The van der Waals surface area contributed by atoms with Gasteiger partial charge in [-0.2, -0.15) is 8.42 Å². The lowest BCUT2D eigenvalue weighted by atomic mass is 9.92. The summed E-state index contributed by atoms with van der Waals surface area (Å²) in [5.41, 5.74) is 4.73. The van der Waals surface area contributed by atoms with Gasteiger partial charge in [-0.15, -0.1) is 0 Å². The number of pyridine rings is 1. The fourth-order valence-corrected chi connectivity index (χ4v) is 7.33. The summed E-state index contributed by atoms with van der Waals surface area (Å²) in [6.45, 7) is 8.34. The number of aromatic nitrogens is 4. The first-order chi connectivity index (χ1) is 21.4. The maximum absolute atomic E-state index is 13.5. The summed E-state index contributed by atoms with van der Waals surface area (Å²) in [6.07, 6.45) is 8.48. The lowest BCUT2D eigenvalue weighted by Gasteiger charge is -2.23.